The molecule has 14 heavy (non-hydrogen) atoms. The smallest absolute Gasteiger partial charge is 0.387 e. The fraction of sp³-hybridized carbons (Fsp3) is 0.857. The number of amides is 1. The molecule has 0 saturated carbocycles. The molecule has 0 spiro atoms. The number of nitrogens with zero attached hydrogens (tertiary/aromatic N) is 1. The summed E-state index contributed by atoms with van der Waals surface area (Å²) in [5, 5.41) is 11.0. The third-order valence-electron chi connectivity index (χ3n) is 2.08. The molecule has 0 radical (unpaired) electrons. The quantitative estimate of drug-likeness (QED) is 0.606. The zero-order chi connectivity index (χ0) is 10.8. The lowest BCUT2D eigenvalue weighted by atomic mass is 10.2. The van der Waals surface area contributed by atoms with E-state index in [2.05, 4.69) is 5.32 Å². The van der Waals surface area contributed by atoms with E-state index in [4.69, 9.17) is 5.11 Å². The van der Waals surface area contributed by atoms with Crippen molar-refractivity contribution in [3.63, 3.8) is 0 Å². The van der Waals surface area contributed by atoms with Gasteiger partial charge in [-0.2, -0.15) is 13.2 Å². The molecule has 1 aliphatic heterocycles. The highest BCUT2D eigenvalue weighted by molar-refractivity contribution is 5.77. The molecule has 0 aromatic heterocycles. The number of rotatable bonds is 1. The van der Waals surface area contributed by atoms with Crippen LogP contribution >= 0.6 is 0 Å². The lowest BCUT2D eigenvalue weighted by molar-refractivity contribution is -0.193. The number of aliphatic hydroxyl groups excluding tert-OH is 1. The molecule has 4 nitrogen and oxygen atoms in total. The van der Waals surface area contributed by atoms with E-state index in [1.54, 1.807) is 0 Å². The van der Waals surface area contributed by atoms with E-state index in [1.165, 1.54) is 0 Å². The molecule has 1 saturated heterocycles. The van der Waals surface area contributed by atoms with Crippen molar-refractivity contribution in [2.75, 3.05) is 26.2 Å². The number of carbonyl (C=O) groups is 1. The van der Waals surface area contributed by atoms with Gasteiger partial charge in [-0.1, -0.05) is 0 Å². The summed E-state index contributed by atoms with van der Waals surface area (Å²) in [6.07, 6.45) is -4.45. The second-order valence-electron chi connectivity index (χ2n) is 3.01. The minimum Gasteiger partial charge on any atom is -0.387 e. The number of hydrogen-bond acceptors (Lipinski definition) is 3. The number of piperazine rings is 1. The normalized spacial score (nSPS) is 23.7. The summed E-state index contributed by atoms with van der Waals surface area (Å²) in [5.41, 5.74) is 0. The van der Waals surface area contributed by atoms with Gasteiger partial charge in [0.15, 0.2) is 0 Å². The molecule has 7 heteroatoms. The maximum atomic E-state index is 12.4. The molecule has 1 atom stereocenters. The first-order valence-electron chi connectivity index (χ1n) is 4.14. The van der Waals surface area contributed by atoms with Gasteiger partial charge < -0.3 is 15.3 Å². The van der Waals surface area contributed by atoms with Crippen LogP contribution in [0.5, 0.6) is 0 Å². The Hall–Kier alpha value is -0.820. The number of halogens is 3. The molecule has 1 amide bonds. The first kappa shape index (κ1) is 11.3. The lowest BCUT2D eigenvalue weighted by Crippen LogP contribution is -2.60. The van der Waals surface area contributed by atoms with Crippen molar-refractivity contribution in [3.8, 4) is 0 Å². The molecule has 82 valence electrons. The van der Waals surface area contributed by atoms with Crippen LogP contribution in [-0.4, -0.2) is 54.4 Å². The summed E-state index contributed by atoms with van der Waals surface area (Å²) in [7, 11) is 0. The Morgan fingerprint density at radius 2 is 2.21 bits per heavy atom. The molecule has 1 fully saturated rings. The maximum absolute atomic E-state index is 12.4. The van der Waals surface area contributed by atoms with Crippen LogP contribution in [0.2, 0.25) is 0 Å². The Morgan fingerprint density at radius 1 is 1.57 bits per heavy atom. The van der Waals surface area contributed by atoms with E-state index in [9.17, 15) is 18.0 Å². The third kappa shape index (κ3) is 2.36. The zero-order valence-corrected chi connectivity index (χ0v) is 7.34. The highest BCUT2D eigenvalue weighted by Crippen LogP contribution is 2.25. The summed E-state index contributed by atoms with van der Waals surface area (Å²) >= 11 is 0. The number of hydrogen-bond donors (Lipinski definition) is 2. The lowest BCUT2D eigenvalue weighted by Gasteiger charge is -2.36. The number of alkyl halides is 3. The topological polar surface area (TPSA) is 52.6 Å². The third-order valence-corrected chi connectivity index (χ3v) is 2.08. The molecular weight excluding hydrogens is 201 g/mol. The molecule has 0 unspecified atom stereocenters. The van der Waals surface area contributed by atoms with E-state index in [0.717, 1.165) is 0 Å². The number of carbonyl (C=O) groups excluding carboxylic acids is 1. The van der Waals surface area contributed by atoms with Crippen LogP contribution in [0.3, 0.4) is 0 Å². The van der Waals surface area contributed by atoms with Gasteiger partial charge in [-0.05, 0) is 0 Å². The molecule has 0 aliphatic carbocycles. The molecule has 1 rings (SSSR count). The highest BCUT2D eigenvalue weighted by atomic mass is 19.4. The Bertz CT molecular complexity index is 219. The monoisotopic (exact) mass is 212 g/mol. The molecule has 0 bridgehead atoms. The summed E-state index contributed by atoms with van der Waals surface area (Å²) < 4.78 is 37.1. The first-order chi connectivity index (χ1) is 6.46. The van der Waals surface area contributed by atoms with Crippen molar-refractivity contribution in [3.05, 3.63) is 0 Å². The van der Waals surface area contributed by atoms with Gasteiger partial charge in [0.2, 0.25) is 5.91 Å². The molecule has 1 heterocycles. The largest absolute Gasteiger partial charge is 0.410 e. The minimum absolute atomic E-state index is 0.0242. The van der Waals surface area contributed by atoms with Crippen molar-refractivity contribution < 1.29 is 23.1 Å². The van der Waals surface area contributed by atoms with Gasteiger partial charge in [0.25, 0.3) is 0 Å². The average Bonchev–Trinajstić information content (AvgIpc) is 2.15. The highest BCUT2D eigenvalue weighted by Gasteiger charge is 2.46. The fourth-order valence-electron chi connectivity index (χ4n) is 1.39. The van der Waals surface area contributed by atoms with Crippen molar-refractivity contribution in [2.45, 2.75) is 12.2 Å². The Labute approximate surface area is 78.7 Å². The Kier molecular flexibility index (Phi) is 3.33. The van der Waals surface area contributed by atoms with Gasteiger partial charge in [-0.3, -0.25) is 4.79 Å². The van der Waals surface area contributed by atoms with Crippen LogP contribution in [0, 0.1) is 0 Å². The second-order valence-corrected chi connectivity index (χ2v) is 3.01. The van der Waals surface area contributed by atoms with Gasteiger partial charge in [-0.15, -0.1) is 0 Å². The predicted octanol–water partition coefficient (Wildman–Crippen LogP) is -0.659. The summed E-state index contributed by atoms with van der Waals surface area (Å²) in [6, 6.07) is -1.82. The molecule has 0 aromatic rings. The van der Waals surface area contributed by atoms with Gasteiger partial charge in [0, 0.05) is 19.6 Å². The first-order valence-corrected chi connectivity index (χ1v) is 4.14. The maximum Gasteiger partial charge on any atom is 0.410 e. The van der Waals surface area contributed by atoms with E-state index in [1.807, 2.05) is 0 Å². The molecule has 2 N–H and O–H groups in total. The fourth-order valence-corrected chi connectivity index (χ4v) is 1.39. The van der Waals surface area contributed by atoms with E-state index < -0.39 is 24.7 Å². The van der Waals surface area contributed by atoms with Crippen LogP contribution in [0.1, 0.15) is 0 Å². The zero-order valence-electron chi connectivity index (χ0n) is 7.34. The van der Waals surface area contributed by atoms with Gasteiger partial charge in [0.1, 0.15) is 12.6 Å². The van der Waals surface area contributed by atoms with E-state index in [0.29, 0.717) is 11.4 Å². The second kappa shape index (κ2) is 4.14. The predicted molar refractivity (Wildman–Crippen MR) is 41.5 cm³/mol. The summed E-state index contributed by atoms with van der Waals surface area (Å²) in [4.78, 5) is 11.6. The SMILES string of the molecule is O=C(CO)N1CCNC[C@H]1C(F)(F)F. The van der Waals surface area contributed by atoms with Crippen molar-refractivity contribution in [2.24, 2.45) is 0 Å². The van der Waals surface area contributed by atoms with Crippen LogP contribution in [0.25, 0.3) is 0 Å². The Balaban J connectivity index is 2.74. The average molecular weight is 212 g/mol. The number of nitrogens with one attached hydrogen (secondary N) is 1. The van der Waals surface area contributed by atoms with E-state index >= 15 is 0 Å². The molecular formula is C7H11F3N2O2. The van der Waals surface area contributed by atoms with Crippen molar-refractivity contribution in [1.29, 1.82) is 0 Å². The van der Waals surface area contributed by atoms with Crippen LogP contribution in [0.4, 0.5) is 13.2 Å². The summed E-state index contributed by atoms with van der Waals surface area (Å²) in [5.74, 6) is -0.881. The van der Waals surface area contributed by atoms with E-state index in [-0.39, 0.29) is 13.1 Å². The van der Waals surface area contributed by atoms with Crippen LogP contribution in [-0.2, 0) is 4.79 Å². The van der Waals surface area contributed by atoms with Gasteiger partial charge in [0.05, 0.1) is 0 Å². The molecule has 1 aliphatic rings. The van der Waals surface area contributed by atoms with Gasteiger partial charge >= 0.3 is 6.18 Å². The standard InChI is InChI=1S/C7H11F3N2O2/c8-7(9,10)5-3-11-1-2-12(5)6(14)4-13/h5,11,13H,1-4H2/t5-/m0/s1. The van der Waals surface area contributed by atoms with Crippen molar-refractivity contribution >= 4 is 5.91 Å². The Morgan fingerprint density at radius 3 is 2.71 bits per heavy atom. The number of aliphatic hydroxyl groups is 1. The van der Waals surface area contributed by atoms with Crippen molar-refractivity contribution in [1.82, 2.24) is 10.2 Å². The summed E-state index contributed by atoms with van der Waals surface area (Å²) in [6.45, 7) is -0.899. The molecule has 0 aromatic carbocycles. The van der Waals surface area contributed by atoms with Gasteiger partial charge in [-0.25, -0.2) is 0 Å². The van der Waals surface area contributed by atoms with Crippen LogP contribution in [0.15, 0.2) is 0 Å². The van der Waals surface area contributed by atoms with Crippen LogP contribution < -0.4 is 5.32 Å². The minimum atomic E-state index is -4.45.